The quantitative estimate of drug-likeness (QED) is 0.810. The number of hydrogen-bond acceptors (Lipinski definition) is 4. The van der Waals surface area contributed by atoms with Gasteiger partial charge in [-0.15, -0.1) is 0 Å². The van der Waals surface area contributed by atoms with Crippen LogP contribution in [0.2, 0.25) is 5.02 Å². The highest BCUT2D eigenvalue weighted by molar-refractivity contribution is 6.30. The molecule has 1 aromatic carbocycles. The molecule has 3 aliphatic heterocycles. The number of likely N-dealkylation sites (tertiary alicyclic amines) is 1. The van der Waals surface area contributed by atoms with Crippen LogP contribution in [0.25, 0.3) is 0 Å². The molecule has 4 rings (SSSR count). The van der Waals surface area contributed by atoms with Gasteiger partial charge in [-0.05, 0) is 43.4 Å². The van der Waals surface area contributed by atoms with Crippen molar-refractivity contribution >= 4 is 17.5 Å². The average Bonchev–Trinajstić information content (AvgIpc) is 3.23. The molecule has 26 heavy (non-hydrogen) atoms. The maximum Gasteiger partial charge on any atom is 0.233 e. The van der Waals surface area contributed by atoms with E-state index in [2.05, 4.69) is 0 Å². The smallest absolute Gasteiger partial charge is 0.233 e. The Bertz CT molecular complexity index is 623. The van der Waals surface area contributed by atoms with Crippen LogP contribution in [-0.4, -0.2) is 56.6 Å². The Hall–Kier alpha value is -1.14. The predicted molar refractivity (Wildman–Crippen MR) is 98.2 cm³/mol. The van der Waals surface area contributed by atoms with Crippen LogP contribution in [0.3, 0.4) is 0 Å². The van der Waals surface area contributed by atoms with Crippen molar-refractivity contribution in [3.8, 4) is 0 Å². The first-order chi connectivity index (χ1) is 12.7. The summed E-state index contributed by atoms with van der Waals surface area (Å²) in [5, 5.41) is 0.692. The molecule has 0 aromatic heterocycles. The Balaban J connectivity index is 1.56. The van der Waals surface area contributed by atoms with Crippen LogP contribution in [0.1, 0.15) is 31.2 Å². The van der Waals surface area contributed by atoms with Crippen molar-refractivity contribution in [3.05, 3.63) is 34.9 Å². The average molecular weight is 380 g/mol. The second-order valence-electron chi connectivity index (χ2n) is 7.46. The Kier molecular flexibility index (Phi) is 5.50. The molecular formula is C20H26ClNO4. The second-order valence-corrected chi connectivity index (χ2v) is 7.90. The molecule has 1 amide bonds. The Morgan fingerprint density at radius 1 is 1.08 bits per heavy atom. The molecule has 0 radical (unpaired) electrons. The normalized spacial score (nSPS) is 26.8. The molecule has 3 saturated heterocycles. The van der Waals surface area contributed by atoms with Gasteiger partial charge in [0, 0.05) is 37.2 Å². The molecule has 5 nitrogen and oxygen atoms in total. The summed E-state index contributed by atoms with van der Waals surface area (Å²) in [6.45, 7) is 4.04. The van der Waals surface area contributed by atoms with Gasteiger partial charge in [-0.25, -0.2) is 0 Å². The highest BCUT2D eigenvalue weighted by Crippen LogP contribution is 2.38. The summed E-state index contributed by atoms with van der Waals surface area (Å²) in [5.41, 5.74) is 0.535. The van der Waals surface area contributed by atoms with E-state index >= 15 is 0 Å². The minimum absolute atomic E-state index is 0.160. The molecule has 1 aromatic rings. The zero-order valence-electron chi connectivity index (χ0n) is 15.0. The van der Waals surface area contributed by atoms with Gasteiger partial charge < -0.3 is 19.1 Å². The van der Waals surface area contributed by atoms with E-state index < -0.39 is 5.41 Å². The monoisotopic (exact) mass is 379 g/mol. The topological polar surface area (TPSA) is 48.0 Å². The number of carbonyl (C=O) groups is 1. The number of carbonyl (C=O) groups excluding carboxylic acids is 1. The maximum absolute atomic E-state index is 13.7. The molecular weight excluding hydrogens is 354 g/mol. The fourth-order valence-electron chi connectivity index (χ4n) is 4.48. The number of ether oxygens (including phenoxy) is 3. The van der Waals surface area contributed by atoms with E-state index in [1.54, 1.807) is 0 Å². The molecule has 0 bridgehead atoms. The van der Waals surface area contributed by atoms with Crippen LogP contribution in [0.15, 0.2) is 24.3 Å². The molecule has 3 fully saturated rings. The van der Waals surface area contributed by atoms with Crippen LogP contribution in [0, 0.1) is 5.92 Å². The number of benzene rings is 1. The lowest BCUT2D eigenvalue weighted by Crippen LogP contribution is -2.53. The summed E-state index contributed by atoms with van der Waals surface area (Å²) in [6, 6.07) is 7.74. The fourth-order valence-corrected chi connectivity index (χ4v) is 4.61. The van der Waals surface area contributed by atoms with Crippen molar-refractivity contribution in [3.63, 3.8) is 0 Å². The standard InChI is InChI=1S/C20H26ClNO4/c21-17-5-3-16(4-6-17)20(7-10-24-11-8-20)19(23)22-9-1-2-15(14-22)18-25-12-13-26-18/h3-6,15,18H,1-2,7-14H2. The van der Waals surface area contributed by atoms with E-state index in [1.807, 2.05) is 29.2 Å². The SMILES string of the molecule is O=C(N1CCCC(C2OCCO2)C1)C1(c2ccc(Cl)cc2)CCOCC1. The van der Waals surface area contributed by atoms with Gasteiger partial charge in [0.1, 0.15) is 0 Å². The molecule has 0 N–H and O–H groups in total. The minimum atomic E-state index is -0.512. The zero-order valence-corrected chi connectivity index (χ0v) is 15.7. The molecule has 142 valence electrons. The van der Waals surface area contributed by atoms with Crippen molar-refractivity contribution in [1.29, 1.82) is 0 Å². The Morgan fingerprint density at radius 3 is 2.46 bits per heavy atom. The molecule has 1 atom stereocenters. The van der Waals surface area contributed by atoms with Gasteiger partial charge in [0.25, 0.3) is 0 Å². The number of halogens is 1. The molecule has 3 heterocycles. The van der Waals surface area contributed by atoms with Crippen LogP contribution in [-0.2, 0) is 24.4 Å². The van der Waals surface area contributed by atoms with Gasteiger partial charge in [-0.3, -0.25) is 4.79 Å². The number of hydrogen-bond donors (Lipinski definition) is 0. The Labute approximate surface area is 159 Å². The van der Waals surface area contributed by atoms with E-state index in [1.165, 1.54) is 0 Å². The van der Waals surface area contributed by atoms with Gasteiger partial charge in [-0.2, -0.15) is 0 Å². The van der Waals surface area contributed by atoms with E-state index in [0.29, 0.717) is 50.8 Å². The highest BCUT2D eigenvalue weighted by Gasteiger charge is 2.45. The summed E-state index contributed by atoms with van der Waals surface area (Å²) >= 11 is 6.07. The fraction of sp³-hybridized carbons (Fsp3) is 0.650. The van der Waals surface area contributed by atoms with E-state index in [0.717, 1.165) is 24.9 Å². The van der Waals surface area contributed by atoms with Crippen LogP contribution < -0.4 is 0 Å². The van der Waals surface area contributed by atoms with Crippen LogP contribution in [0.5, 0.6) is 0 Å². The minimum Gasteiger partial charge on any atom is -0.381 e. The largest absolute Gasteiger partial charge is 0.381 e. The molecule has 0 saturated carbocycles. The van der Waals surface area contributed by atoms with Crippen LogP contribution >= 0.6 is 11.6 Å². The number of rotatable bonds is 3. The summed E-state index contributed by atoms with van der Waals surface area (Å²) in [6.07, 6.45) is 3.31. The molecule has 3 aliphatic rings. The first kappa shape index (κ1) is 18.2. The second kappa shape index (κ2) is 7.85. The van der Waals surface area contributed by atoms with E-state index in [9.17, 15) is 4.79 Å². The third kappa shape index (κ3) is 3.50. The van der Waals surface area contributed by atoms with Gasteiger partial charge in [0.15, 0.2) is 6.29 Å². The number of amides is 1. The summed E-state index contributed by atoms with van der Waals surface area (Å²) in [7, 11) is 0. The number of nitrogens with zero attached hydrogens (tertiary/aromatic N) is 1. The lowest BCUT2D eigenvalue weighted by Gasteiger charge is -2.43. The van der Waals surface area contributed by atoms with E-state index in [-0.39, 0.29) is 18.1 Å². The van der Waals surface area contributed by atoms with Crippen molar-refractivity contribution in [2.24, 2.45) is 5.92 Å². The maximum atomic E-state index is 13.7. The predicted octanol–water partition coefficient (Wildman–Crippen LogP) is 3.00. The van der Waals surface area contributed by atoms with Crippen LogP contribution in [0.4, 0.5) is 0 Å². The third-order valence-corrected chi connectivity index (χ3v) is 6.18. The van der Waals surface area contributed by atoms with Gasteiger partial charge in [0.05, 0.1) is 18.6 Å². The zero-order chi connectivity index (χ0) is 18.0. The van der Waals surface area contributed by atoms with E-state index in [4.69, 9.17) is 25.8 Å². The van der Waals surface area contributed by atoms with Crippen molar-refractivity contribution in [1.82, 2.24) is 4.90 Å². The first-order valence-corrected chi connectivity index (χ1v) is 9.93. The van der Waals surface area contributed by atoms with Crippen molar-refractivity contribution in [2.75, 3.05) is 39.5 Å². The molecule has 6 heteroatoms. The number of piperidine rings is 1. The summed E-state index contributed by atoms with van der Waals surface area (Å²) < 4.78 is 17.0. The lowest BCUT2D eigenvalue weighted by molar-refractivity contribution is -0.148. The van der Waals surface area contributed by atoms with Gasteiger partial charge in [-0.1, -0.05) is 23.7 Å². The Morgan fingerprint density at radius 2 is 1.77 bits per heavy atom. The van der Waals surface area contributed by atoms with Crippen molar-refractivity contribution in [2.45, 2.75) is 37.4 Å². The molecule has 0 aliphatic carbocycles. The van der Waals surface area contributed by atoms with Gasteiger partial charge in [0.2, 0.25) is 5.91 Å². The lowest BCUT2D eigenvalue weighted by atomic mass is 9.72. The summed E-state index contributed by atoms with van der Waals surface area (Å²) in [5.74, 6) is 0.475. The third-order valence-electron chi connectivity index (χ3n) is 5.93. The summed E-state index contributed by atoms with van der Waals surface area (Å²) in [4.78, 5) is 15.7. The molecule has 1 unspecified atom stereocenters. The highest BCUT2D eigenvalue weighted by atomic mass is 35.5. The van der Waals surface area contributed by atoms with Gasteiger partial charge >= 0.3 is 0 Å². The molecule has 0 spiro atoms. The first-order valence-electron chi connectivity index (χ1n) is 9.55. The van der Waals surface area contributed by atoms with Crippen molar-refractivity contribution < 1.29 is 19.0 Å².